The first-order valence-electron chi connectivity index (χ1n) is 10.6. The minimum Gasteiger partial charge on any atom is -0.466 e. The Morgan fingerprint density at radius 1 is 1.16 bits per heavy atom. The van der Waals surface area contributed by atoms with Crippen LogP contribution in [0.2, 0.25) is 0 Å². The second kappa shape index (κ2) is 9.13. The van der Waals surface area contributed by atoms with Crippen LogP contribution in [0.25, 0.3) is 0 Å². The van der Waals surface area contributed by atoms with Gasteiger partial charge in [0.25, 0.3) is 5.91 Å². The minimum atomic E-state index is -0.119. The van der Waals surface area contributed by atoms with Crippen LogP contribution in [0.1, 0.15) is 46.9 Å². The second-order valence-corrected chi connectivity index (χ2v) is 7.80. The molecule has 0 radical (unpaired) electrons. The van der Waals surface area contributed by atoms with Crippen LogP contribution >= 0.6 is 0 Å². The molecule has 1 saturated heterocycles. The summed E-state index contributed by atoms with van der Waals surface area (Å²) in [6.07, 6.45) is 3.72. The standard InChI is InChI=1S/C23H25N5O3/c1-2-31-23(30)18-7-10-27(11-8-18)21-19-14-28(12-9-20(19)25-15-26-21)22(29)17-5-3-16(13-24)4-6-17/h3-6,15,18H,2,7-12,14H2,1H3. The second-order valence-electron chi connectivity index (χ2n) is 7.80. The Morgan fingerprint density at radius 3 is 2.58 bits per heavy atom. The third-order valence-corrected chi connectivity index (χ3v) is 5.94. The highest BCUT2D eigenvalue weighted by Gasteiger charge is 2.31. The number of carbonyl (C=O) groups is 2. The number of rotatable bonds is 4. The first kappa shape index (κ1) is 20.8. The highest BCUT2D eigenvalue weighted by Crippen LogP contribution is 2.30. The lowest BCUT2D eigenvalue weighted by Crippen LogP contribution is -2.41. The van der Waals surface area contributed by atoms with Gasteiger partial charge in [0.1, 0.15) is 12.1 Å². The van der Waals surface area contributed by atoms with Gasteiger partial charge in [0.15, 0.2) is 0 Å². The number of benzene rings is 1. The van der Waals surface area contributed by atoms with Crippen molar-refractivity contribution in [1.29, 1.82) is 5.26 Å². The van der Waals surface area contributed by atoms with Crippen LogP contribution in [0.3, 0.4) is 0 Å². The summed E-state index contributed by atoms with van der Waals surface area (Å²) in [4.78, 5) is 38.0. The normalized spacial score (nSPS) is 16.4. The van der Waals surface area contributed by atoms with Gasteiger partial charge in [-0.15, -0.1) is 0 Å². The average molecular weight is 419 g/mol. The quantitative estimate of drug-likeness (QED) is 0.701. The molecule has 0 N–H and O–H groups in total. The van der Waals surface area contributed by atoms with Crippen LogP contribution in [0.4, 0.5) is 5.82 Å². The molecule has 1 fully saturated rings. The molecular formula is C23H25N5O3. The molecule has 0 atom stereocenters. The average Bonchev–Trinajstić information content (AvgIpc) is 2.83. The third kappa shape index (κ3) is 4.36. The van der Waals surface area contributed by atoms with Gasteiger partial charge in [-0.25, -0.2) is 9.97 Å². The predicted molar refractivity (Wildman–Crippen MR) is 113 cm³/mol. The van der Waals surface area contributed by atoms with E-state index in [1.165, 1.54) is 0 Å². The number of ether oxygens (including phenoxy) is 1. The number of aromatic nitrogens is 2. The zero-order chi connectivity index (χ0) is 21.8. The molecule has 1 amide bonds. The van der Waals surface area contributed by atoms with Crippen molar-refractivity contribution in [1.82, 2.24) is 14.9 Å². The summed E-state index contributed by atoms with van der Waals surface area (Å²) in [7, 11) is 0. The van der Waals surface area contributed by atoms with E-state index in [1.54, 1.807) is 30.6 Å². The highest BCUT2D eigenvalue weighted by atomic mass is 16.5. The van der Waals surface area contributed by atoms with Crippen molar-refractivity contribution in [2.45, 2.75) is 32.7 Å². The number of hydrogen-bond acceptors (Lipinski definition) is 7. The largest absolute Gasteiger partial charge is 0.466 e. The van der Waals surface area contributed by atoms with Crippen molar-refractivity contribution >= 4 is 17.7 Å². The Hall–Kier alpha value is -3.47. The third-order valence-electron chi connectivity index (χ3n) is 5.94. The summed E-state index contributed by atoms with van der Waals surface area (Å²) >= 11 is 0. The summed E-state index contributed by atoms with van der Waals surface area (Å²) in [6.45, 7) is 4.70. The van der Waals surface area contributed by atoms with Crippen molar-refractivity contribution in [3.05, 3.63) is 53.0 Å². The first-order valence-corrected chi connectivity index (χ1v) is 10.6. The summed E-state index contributed by atoms with van der Waals surface area (Å²) in [6, 6.07) is 8.78. The van der Waals surface area contributed by atoms with Gasteiger partial charge in [0, 0.05) is 37.2 Å². The molecule has 2 aromatic rings. The van der Waals surface area contributed by atoms with Gasteiger partial charge in [0.05, 0.1) is 36.4 Å². The van der Waals surface area contributed by atoms with E-state index < -0.39 is 0 Å². The number of esters is 1. The zero-order valence-corrected chi connectivity index (χ0v) is 17.6. The number of anilines is 1. The molecule has 0 unspecified atom stereocenters. The molecule has 1 aromatic carbocycles. The van der Waals surface area contributed by atoms with Crippen LogP contribution in [-0.2, 0) is 22.5 Å². The topological polar surface area (TPSA) is 99.4 Å². The lowest BCUT2D eigenvalue weighted by atomic mass is 9.96. The Morgan fingerprint density at radius 2 is 1.90 bits per heavy atom. The lowest BCUT2D eigenvalue weighted by molar-refractivity contribution is -0.148. The maximum atomic E-state index is 13.0. The van der Waals surface area contributed by atoms with Gasteiger partial charge in [-0.1, -0.05) is 0 Å². The number of piperidine rings is 1. The smallest absolute Gasteiger partial charge is 0.309 e. The van der Waals surface area contributed by atoms with Gasteiger partial charge in [-0.3, -0.25) is 9.59 Å². The molecule has 0 saturated carbocycles. The van der Waals surface area contributed by atoms with E-state index in [-0.39, 0.29) is 17.8 Å². The number of hydrogen-bond donors (Lipinski definition) is 0. The fourth-order valence-electron chi connectivity index (χ4n) is 4.23. The van der Waals surface area contributed by atoms with Crippen LogP contribution < -0.4 is 4.90 Å². The van der Waals surface area contributed by atoms with Gasteiger partial charge in [-0.05, 0) is 44.0 Å². The molecule has 0 aliphatic carbocycles. The molecule has 3 heterocycles. The maximum Gasteiger partial charge on any atom is 0.309 e. The molecule has 0 bridgehead atoms. The van der Waals surface area contributed by atoms with Crippen LogP contribution in [0.15, 0.2) is 30.6 Å². The summed E-state index contributed by atoms with van der Waals surface area (Å²) in [5.41, 5.74) is 3.05. The zero-order valence-electron chi connectivity index (χ0n) is 17.6. The number of fused-ring (bicyclic) bond motifs is 1. The maximum absolute atomic E-state index is 13.0. The fraction of sp³-hybridized carbons (Fsp3) is 0.435. The molecule has 8 nitrogen and oxygen atoms in total. The van der Waals surface area contributed by atoms with Crippen molar-refractivity contribution in [2.75, 3.05) is 31.1 Å². The summed E-state index contributed by atoms with van der Waals surface area (Å²) in [5.74, 6) is 0.602. The monoisotopic (exact) mass is 419 g/mol. The van der Waals surface area contributed by atoms with Crippen LogP contribution in [0, 0.1) is 17.2 Å². The van der Waals surface area contributed by atoms with Crippen LogP contribution in [-0.4, -0.2) is 53.0 Å². The minimum absolute atomic E-state index is 0.0639. The van der Waals surface area contributed by atoms with Crippen molar-refractivity contribution in [2.24, 2.45) is 5.92 Å². The molecule has 31 heavy (non-hydrogen) atoms. The van der Waals surface area contributed by atoms with E-state index >= 15 is 0 Å². The molecule has 0 spiro atoms. The Kier molecular flexibility index (Phi) is 6.12. The predicted octanol–water partition coefficient (Wildman–Crippen LogP) is 2.33. The van der Waals surface area contributed by atoms with E-state index in [0.29, 0.717) is 37.2 Å². The van der Waals surface area contributed by atoms with Crippen molar-refractivity contribution in [3.63, 3.8) is 0 Å². The van der Waals surface area contributed by atoms with E-state index in [4.69, 9.17) is 10.00 Å². The number of nitrogens with zero attached hydrogens (tertiary/aromatic N) is 5. The molecule has 8 heteroatoms. The molecule has 4 rings (SSSR count). The van der Waals surface area contributed by atoms with Gasteiger partial charge < -0.3 is 14.5 Å². The molecule has 2 aliphatic rings. The summed E-state index contributed by atoms with van der Waals surface area (Å²) in [5, 5.41) is 8.96. The Bertz CT molecular complexity index is 1010. The van der Waals surface area contributed by atoms with Gasteiger partial charge in [0.2, 0.25) is 0 Å². The molecule has 2 aliphatic heterocycles. The Balaban J connectivity index is 1.49. The Labute approximate surface area is 181 Å². The first-order chi connectivity index (χ1) is 15.1. The molecular weight excluding hydrogens is 394 g/mol. The molecule has 1 aromatic heterocycles. The fourth-order valence-corrected chi connectivity index (χ4v) is 4.23. The van der Waals surface area contributed by atoms with E-state index in [0.717, 1.165) is 43.0 Å². The number of amides is 1. The molecule has 160 valence electrons. The summed E-state index contributed by atoms with van der Waals surface area (Å²) < 4.78 is 5.16. The van der Waals surface area contributed by atoms with Crippen molar-refractivity contribution < 1.29 is 14.3 Å². The van der Waals surface area contributed by atoms with E-state index in [9.17, 15) is 9.59 Å². The lowest BCUT2D eigenvalue weighted by Gasteiger charge is -2.35. The highest BCUT2D eigenvalue weighted by molar-refractivity contribution is 5.94. The van der Waals surface area contributed by atoms with Gasteiger partial charge >= 0.3 is 5.97 Å². The van der Waals surface area contributed by atoms with E-state index in [1.807, 2.05) is 11.8 Å². The van der Waals surface area contributed by atoms with Crippen molar-refractivity contribution in [3.8, 4) is 6.07 Å². The van der Waals surface area contributed by atoms with Crippen LogP contribution in [0.5, 0.6) is 0 Å². The number of nitriles is 1. The number of carbonyl (C=O) groups excluding carboxylic acids is 2. The van der Waals surface area contributed by atoms with Gasteiger partial charge in [-0.2, -0.15) is 5.26 Å². The SMILES string of the molecule is CCOC(=O)C1CCN(c2ncnc3c2CN(C(=O)c2ccc(C#N)cc2)CC3)CC1. The van der Waals surface area contributed by atoms with E-state index in [2.05, 4.69) is 20.9 Å².